The maximum absolute atomic E-state index is 3.61. The molecule has 0 aromatic rings. The van der Waals surface area contributed by atoms with E-state index in [1.165, 1.54) is 51.6 Å². The normalized spacial score (nSPS) is 21.7. The van der Waals surface area contributed by atoms with Crippen molar-refractivity contribution in [2.75, 3.05) is 13.1 Å². The maximum Gasteiger partial charge on any atom is -0.00204 e. The lowest BCUT2D eigenvalue weighted by atomic mass is 9.89. The molecule has 1 atom stereocenters. The molecule has 1 unspecified atom stereocenters. The first-order chi connectivity index (χ1) is 6.33. The molecule has 78 valence electrons. The fourth-order valence-corrected chi connectivity index (χ4v) is 2.07. The quantitative estimate of drug-likeness (QED) is 0.690. The smallest absolute Gasteiger partial charge is 0.00204 e. The van der Waals surface area contributed by atoms with Crippen molar-refractivity contribution in [3.05, 3.63) is 0 Å². The van der Waals surface area contributed by atoms with E-state index in [2.05, 4.69) is 19.2 Å². The average Bonchev–Trinajstić information content (AvgIpc) is 2.19. The molecular weight excluding hydrogens is 158 g/mol. The van der Waals surface area contributed by atoms with E-state index in [1.54, 1.807) is 0 Å². The van der Waals surface area contributed by atoms with Crippen molar-refractivity contribution in [1.29, 1.82) is 0 Å². The molecule has 1 N–H and O–H groups in total. The molecule has 1 fully saturated rings. The molecule has 1 aliphatic carbocycles. The zero-order valence-electron chi connectivity index (χ0n) is 9.31. The standard InChI is InChI=1S/C12H25N/c1-3-11(2)9-13-10-12-7-5-4-6-8-12/h11-13H,3-10H2,1-2H3. The van der Waals surface area contributed by atoms with Gasteiger partial charge in [-0.05, 0) is 37.8 Å². The summed E-state index contributed by atoms with van der Waals surface area (Å²) >= 11 is 0. The second-order valence-corrected chi connectivity index (χ2v) is 4.68. The molecular formula is C12H25N. The minimum absolute atomic E-state index is 0.851. The maximum atomic E-state index is 3.61. The van der Waals surface area contributed by atoms with Crippen molar-refractivity contribution in [3.8, 4) is 0 Å². The van der Waals surface area contributed by atoms with E-state index in [4.69, 9.17) is 0 Å². The highest BCUT2D eigenvalue weighted by Crippen LogP contribution is 2.22. The van der Waals surface area contributed by atoms with Crippen molar-refractivity contribution < 1.29 is 0 Å². The molecule has 13 heavy (non-hydrogen) atoms. The third kappa shape index (κ3) is 4.66. The van der Waals surface area contributed by atoms with Crippen LogP contribution in [0.4, 0.5) is 0 Å². The van der Waals surface area contributed by atoms with E-state index in [0.717, 1.165) is 11.8 Å². The Morgan fingerprint density at radius 1 is 1.23 bits per heavy atom. The van der Waals surface area contributed by atoms with Crippen LogP contribution in [0.1, 0.15) is 52.4 Å². The highest BCUT2D eigenvalue weighted by atomic mass is 14.9. The van der Waals surface area contributed by atoms with Crippen LogP contribution in [0.2, 0.25) is 0 Å². The Kier molecular flexibility index (Phi) is 5.45. The summed E-state index contributed by atoms with van der Waals surface area (Å²) in [5.41, 5.74) is 0. The highest BCUT2D eigenvalue weighted by molar-refractivity contribution is 4.68. The summed E-state index contributed by atoms with van der Waals surface area (Å²) in [6.45, 7) is 7.08. The van der Waals surface area contributed by atoms with E-state index in [-0.39, 0.29) is 0 Å². The van der Waals surface area contributed by atoms with Gasteiger partial charge in [-0.2, -0.15) is 0 Å². The second kappa shape index (κ2) is 6.42. The van der Waals surface area contributed by atoms with Gasteiger partial charge in [-0.1, -0.05) is 39.5 Å². The van der Waals surface area contributed by atoms with Crippen LogP contribution < -0.4 is 5.32 Å². The molecule has 0 aromatic heterocycles. The molecule has 0 saturated heterocycles. The summed E-state index contributed by atoms with van der Waals surface area (Å²) in [6, 6.07) is 0. The molecule has 0 radical (unpaired) electrons. The van der Waals surface area contributed by atoms with Crippen LogP contribution in [0.5, 0.6) is 0 Å². The van der Waals surface area contributed by atoms with E-state index >= 15 is 0 Å². The zero-order valence-corrected chi connectivity index (χ0v) is 9.31. The van der Waals surface area contributed by atoms with Crippen LogP contribution in [0.25, 0.3) is 0 Å². The molecule has 0 bridgehead atoms. The summed E-state index contributed by atoms with van der Waals surface area (Å²) in [7, 11) is 0. The minimum atomic E-state index is 0.851. The average molecular weight is 183 g/mol. The Morgan fingerprint density at radius 3 is 2.54 bits per heavy atom. The Bertz CT molecular complexity index is 116. The van der Waals surface area contributed by atoms with Gasteiger partial charge in [0, 0.05) is 0 Å². The minimum Gasteiger partial charge on any atom is -0.316 e. The third-order valence-electron chi connectivity index (χ3n) is 3.35. The second-order valence-electron chi connectivity index (χ2n) is 4.68. The van der Waals surface area contributed by atoms with Crippen molar-refractivity contribution in [2.24, 2.45) is 11.8 Å². The summed E-state index contributed by atoms with van der Waals surface area (Å²) < 4.78 is 0. The predicted octanol–water partition coefficient (Wildman–Crippen LogP) is 3.20. The third-order valence-corrected chi connectivity index (χ3v) is 3.35. The summed E-state index contributed by atoms with van der Waals surface area (Å²) in [4.78, 5) is 0. The molecule has 0 spiro atoms. The summed E-state index contributed by atoms with van der Waals surface area (Å²) in [5, 5.41) is 3.61. The van der Waals surface area contributed by atoms with Gasteiger partial charge >= 0.3 is 0 Å². The van der Waals surface area contributed by atoms with Crippen LogP contribution in [-0.2, 0) is 0 Å². The molecule has 0 aromatic carbocycles. The molecule has 1 heteroatoms. The van der Waals surface area contributed by atoms with Gasteiger partial charge in [-0.3, -0.25) is 0 Å². The number of hydrogen-bond acceptors (Lipinski definition) is 1. The van der Waals surface area contributed by atoms with Crippen molar-refractivity contribution in [3.63, 3.8) is 0 Å². The van der Waals surface area contributed by atoms with Crippen LogP contribution in [0.3, 0.4) is 0 Å². The van der Waals surface area contributed by atoms with Crippen LogP contribution in [-0.4, -0.2) is 13.1 Å². The van der Waals surface area contributed by atoms with Gasteiger partial charge in [0.2, 0.25) is 0 Å². The van der Waals surface area contributed by atoms with Crippen LogP contribution in [0.15, 0.2) is 0 Å². The largest absolute Gasteiger partial charge is 0.316 e. The van der Waals surface area contributed by atoms with E-state index in [0.29, 0.717) is 0 Å². The Morgan fingerprint density at radius 2 is 1.92 bits per heavy atom. The van der Waals surface area contributed by atoms with Gasteiger partial charge in [-0.25, -0.2) is 0 Å². The molecule has 1 aliphatic rings. The van der Waals surface area contributed by atoms with Crippen molar-refractivity contribution in [2.45, 2.75) is 52.4 Å². The molecule has 0 aliphatic heterocycles. The van der Waals surface area contributed by atoms with E-state index in [9.17, 15) is 0 Å². The first kappa shape index (κ1) is 11.0. The van der Waals surface area contributed by atoms with Crippen LogP contribution in [0, 0.1) is 11.8 Å². The topological polar surface area (TPSA) is 12.0 Å². The highest BCUT2D eigenvalue weighted by Gasteiger charge is 2.12. The van der Waals surface area contributed by atoms with Gasteiger partial charge in [0.1, 0.15) is 0 Å². The molecule has 0 amide bonds. The fourth-order valence-electron chi connectivity index (χ4n) is 2.07. The Labute approximate surface area is 83.3 Å². The molecule has 0 heterocycles. The number of nitrogens with one attached hydrogen (secondary N) is 1. The summed E-state index contributed by atoms with van der Waals surface area (Å²) in [6.07, 6.45) is 8.64. The predicted molar refractivity (Wildman–Crippen MR) is 58.9 cm³/mol. The fraction of sp³-hybridized carbons (Fsp3) is 1.00. The molecule has 1 rings (SSSR count). The Hall–Kier alpha value is -0.0400. The molecule has 1 nitrogen and oxygen atoms in total. The van der Waals surface area contributed by atoms with E-state index < -0.39 is 0 Å². The number of hydrogen-bond donors (Lipinski definition) is 1. The Balaban J connectivity index is 1.98. The van der Waals surface area contributed by atoms with Gasteiger partial charge in [-0.15, -0.1) is 0 Å². The van der Waals surface area contributed by atoms with E-state index in [1.807, 2.05) is 0 Å². The van der Waals surface area contributed by atoms with Crippen molar-refractivity contribution >= 4 is 0 Å². The first-order valence-electron chi connectivity index (χ1n) is 6.03. The molecule has 1 saturated carbocycles. The van der Waals surface area contributed by atoms with Gasteiger partial charge in [0.05, 0.1) is 0 Å². The van der Waals surface area contributed by atoms with Crippen LogP contribution >= 0.6 is 0 Å². The number of rotatable bonds is 5. The lowest BCUT2D eigenvalue weighted by Crippen LogP contribution is -2.28. The van der Waals surface area contributed by atoms with Crippen molar-refractivity contribution in [1.82, 2.24) is 5.32 Å². The lowest BCUT2D eigenvalue weighted by Gasteiger charge is -2.22. The monoisotopic (exact) mass is 183 g/mol. The lowest BCUT2D eigenvalue weighted by molar-refractivity contribution is 0.333. The summed E-state index contributed by atoms with van der Waals surface area (Å²) in [5.74, 6) is 1.83. The first-order valence-corrected chi connectivity index (χ1v) is 6.03. The van der Waals surface area contributed by atoms with Gasteiger partial charge in [0.25, 0.3) is 0 Å². The zero-order chi connectivity index (χ0) is 9.52. The van der Waals surface area contributed by atoms with Gasteiger partial charge in [0.15, 0.2) is 0 Å². The SMILES string of the molecule is CCC(C)CNCC1CCCCC1. The van der Waals surface area contributed by atoms with Gasteiger partial charge < -0.3 is 5.32 Å².